The Morgan fingerprint density at radius 1 is 1.06 bits per heavy atom. The molecule has 0 saturated heterocycles. The molecule has 0 spiro atoms. The first-order valence-electron chi connectivity index (χ1n) is 9.33. The lowest BCUT2D eigenvalue weighted by molar-refractivity contribution is -0.137. The van der Waals surface area contributed by atoms with Gasteiger partial charge in [-0.15, -0.1) is 0 Å². The standard InChI is InChI=1S/C24H16ClF3N2O2/c25-21-10-3-1-7-17(21)15-32-19-8-5-6-16(13-19)12-18(14-29)23(31)30-22-11-4-2-9-20(22)24(26,27)28/h1-13H,15H2,(H,30,31)/b18-12+. The highest BCUT2D eigenvalue weighted by Crippen LogP contribution is 2.34. The molecule has 0 aliphatic heterocycles. The fraction of sp³-hybridized carbons (Fsp3) is 0.0833. The molecular formula is C24H16ClF3N2O2. The number of alkyl halides is 3. The molecule has 3 aromatic carbocycles. The van der Waals surface area contributed by atoms with Crippen LogP contribution in [0.3, 0.4) is 0 Å². The molecule has 0 aromatic heterocycles. The second-order valence-electron chi connectivity index (χ2n) is 6.62. The summed E-state index contributed by atoms with van der Waals surface area (Å²) in [7, 11) is 0. The van der Waals surface area contributed by atoms with Gasteiger partial charge < -0.3 is 10.1 Å². The number of nitrogens with one attached hydrogen (secondary N) is 1. The maximum Gasteiger partial charge on any atom is 0.418 e. The number of rotatable bonds is 6. The third-order valence-corrected chi connectivity index (χ3v) is 4.74. The van der Waals surface area contributed by atoms with Gasteiger partial charge in [-0.1, -0.05) is 54.1 Å². The van der Waals surface area contributed by atoms with Crippen molar-refractivity contribution >= 4 is 29.3 Å². The molecule has 1 N–H and O–H groups in total. The lowest BCUT2D eigenvalue weighted by Gasteiger charge is -2.13. The minimum atomic E-state index is -4.65. The number of nitrogens with zero attached hydrogens (tertiary/aromatic N) is 1. The fourth-order valence-corrected chi connectivity index (χ4v) is 3.01. The van der Waals surface area contributed by atoms with Crippen molar-refractivity contribution < 1.29 is 22.7 Å². The molecule has 4 nitrogen and oxygen atoms in total. The molecule has 0 unspecified atom stereocenters. The molecule has 0 aliphatic rings. The number of amides is 1. The Morgan fingerprint density at radius 3 is 2.50 bits per heavy atom. The van der Waals surface area contributed by atoms with E-state index < -0.39 is 23.3 Å². The zero-order chi connectivity index (χ0) is 23.1. The summed E-state index contributed by atoms with van der Waals surface area (Å²) in [5.74, 6) is -0.481. The van der Waals surface area contributed by atoms with Crippen molar-refractivity contribution in [1.82, 2.24) is 0 Å². The Balaban J connectivity index is 1.77. The van der Waals surface area contributed by atoms with Gasteiger partial charge in [0.15, 0.2) is 0 Å². The Morgan fingerprint density at radius 2 is 1.78 bits per heavy atom. The summed E-state index contributed by atoms with van der Waals surface area (Å²) in [6.45, 7) is 0.215. The molecular weight excluding hydrogens is 441 g/mol. The van der Waals surface area contributed by atoms with E-state index >= 15 is 0 Å². The van der Waals surface area contributed by atoms with Gasteiger partial charge in [0.2, 0.25) is 0 Å². The van der Waals surface area contributed by atoms with Crippen molar-refractivity contribution in [3.8, 4) is 11.8 Å². The molecule has 0 bridgehead atoms. The highest BCUT2D eigenvalue weighted by Gasteiger charge is 2.33. The quantitative estimate of drug-likeness (QED) is 0.341. The van der Waals surface area contributed by atoms with E-state index in [2.05, 4.69) is 5.32 Å². The topological polar surface area (TPSA) is 62.1 Å². The van der Waals surface area contributed by atoms with E-state index in [-0.39, 0.29) is 12.2 Å². The number of halogens is 4. The SMILES string of the molecule is N#C/C(=C\c1cccc(OCc2ccccc2Cl)c1)C(=O)Nc1ccccc1C(F)(F)F. The summed E-state index contributed by atoms with van der Waals surface area (Å²) in [5.41, 5.74) is -0.526. The van der Waals surface area contributed by atoms with Gasteiger partial charge in [0.1, 0.15) is 24.0 Å². The number of hydrogen-bond acceptors (Lipinski definition) is 3. The molecule has 0 radical (unpaired) electrons. The molecule has 0 atom stereocenters. The molecule has 0 heterocycles. The van der Waals surface area contributed by atoms with Gasteiger partial charge in [-0.25, -0.2) is 0 Å². The van der Waals surface area contributed by atoms with E-state index in [4.69, 9.17) is 16.3 Å². The summed E-state index contributed by atoms with van der Waals surface area (Å²) in [6, 6.07) is 20.1. The fourth-order valence-electron chi connectivity index (χ4n) is 2.81. The molecule has 3 rings (SSSR count). The maximum atomic E-state index is 13.1. The summed E-state index contributed by atoms with van der Waals surface area (Å²) in [6.07, 6.45) is -3.37. The first-order valence-corrected chi connectivity index (χ1v) is 9.71. The smallest absolute Gasteiger partial charge is 0.418 e. The highest BCUT2D eigenvalue weighted by molar-refractivity contribution is 6.31. The molecule has 8 heteroatoms. The normalized spacial score (nSPS) is 11.5. The number of anilines is 1. The summed E-state index contributed by atoms with van der Waals surface area (Å²) in [5, 5.41) is 12.1. The van der Waals surface area contributed by atoms with Gasteiger partial charge in [0, 0.05) is 10.6 Å². The monoisotopic (exact) mass is 456 g/mol. The van der Waals surface area contributed by atoms with Crippen LogP contribution in [0.4, 0.5) is 18.9 Å². The minimum absolute atomic E-state index is 0.215. The van der Waals surface area contributed by atoms with Crippen LogP contribution in [0.2, 0.25) is 5.02 Å². The van der Waals surface area contributed by atoms with Crippen LogP contribution in [0.1, 0.15) is 16.7 Å². The second kappa shape index (κ2) is 10.0. The molecule has 162 valence electrons. The first kappa shape index (κ1) is 22.9. The van der Waals surface area contributed by atoms with Gasteiger partial charge in [-0.05, 0) is 42.0 Å². The zero-order valence-electron chi connectivity index (χ0n) is 16.5. The summed E-state index contributed by atoms with van der Waals surface area (Å²) >= 11 is 6.11. The van der Waals surface area contributed by atoms with Gasteiger partial charge in [0.25, 0.3) is 5.91 Å². The van der Waals surface area contributed by atoms with E-state index in [9.17, 15) is 23.2 Å². The van der Waals surface area contributed by atoms with Crippen LogP contribution in [-0.2, 0) is 17.6 Å². The largest absolute Gasteiger partial charge is 0.489 e. The lowest BCUT2D eigenvalue weighted by atomic mass is 10.1. The average molecular weight is 457 g/mol. The van der Waals surface area contributed by atoms with Crippen molar-refractivity contribution in [3.05, 3.63) is 100 Å². The summed E-state index contributed by atoms with van der Waals surface area (Å²) in [4.78, 5) is 12.4. The van der Waals surface area contributed by atoms with Crippen LogP contribution in [0.15, 0.2) is 78.4 Å². The zero-order valence-corrected chi connectivity index (χ0v) is 17.2. The molecule has 0 saturated carbocycles. The second-order valence-corrected chi connectivity index (χ2v) is 7.03. The molecule has 32 heavy (non-hydrogen) atoms. The van der Waals surface area contributed by atoms with Crippen LogP contribution in [0.5, 0.6) is 5.75 Å². The predicted octanol–water partition coefficient (Wildman–Crippen LogP) is 6.48. The van der Waals surface area contributed by atoms with Crippen molar-refractivity contribution in [2.45, 2.75) is 12.8 Å². The molecule has 0 aliphatic carbocycles. The highest BCUT2D eigenvalue weighted by atomic mass is 35.5. The Labute approximate surface area is 187 Å². The van der Waals surface area contributed by atoms with Gasteiger partial charge in [0.05, 0.1) is 11.3 Å². The third-order valence-electron chi connectivity index (χ3n) is 4.37. The van der Waals surface area contributed by atoms with E-state index in [1.807, 2.05) is 12.1 Å². The number of benzene rings is 3. The van der Waals surface area contributed by atoms with Crippen LogP contribution in [0, 0.1) is 11.3 Å². The van der Waals surface area contributed by atoms with Crippen LogP contribution < -0.4 is 10.1 Å². The number of hydrogen-bond donors (Lipinski definition) is 1. The minimum Gasteiger partial charge on any atom is -0.489 e. The van der Waals surface area contributed by atoms with Crippen molar-refractivity contribution in [2.75, 3.05) is 5.32 Å². The van der Waals surface area contributed by atoms with Crippen LogP contribution in [0.25, 0.3) is 6.08 Å². The summed E-state index contributed by atoms with van der Waals surface area (Å²) < 4.78 is 45.1. The van der Waals surface area contributed by atoms with E-state index in [0.717, 1.165) is 17.7 Å². The van der Waals surface area contributed by atoms with Crippen molar-refractivity contribution in [2.24, 2.45) is 0 Å². The first-order chi connectivity index (χ1) is 15.3. The van der Waals surface area contributed by atoms with E-state index in [1.54, 1.807) is 42.5 Å². The number of nitriles is 1. The number of para-hydroxylation sites is 1. The van der Waals surface area contributed by atoms with Crippen molar-refractivity contribution in [3.63, 3.8) is 0 Å². The Hall–Kier alpha value is -3.76. The van der Waals surface area contributed by atoms with Gasteiger partial charge in [-0.3, -0.25) is 4.79 Å². The molecule has 0 fully saturated rings. The van der Waals surface area contributed by atoms with Gasteiger partial charge >= 0.3 is 6.18 Å². The third kappa shape index (κ3) is 5.90. The van der Waals surface area contributed by atoms with Gasteiger partial charge in [-0.2, -0.15) is 18.4 Å². The van der Waals surface area contributed by atoms with E-state index in [1.165, 1.54) is 18.2 Å². The Kier molecular flexibility index (Phi) is 7.18. The van der Waals surface area contributed by atoms with Crippen LogP contribution >= 0.6 is 11.6 Å². The van der Waals surface area contributed by atoms with Crippen LogP contribution in [-0.4, -0.2) is 5.91 Å². The predicted molar refractivity (Wildman–Crippen MR) is 116 cm³/mol. The molecule has 1 amide bonds. The number of carbonyl (C=O) groups is 1. The van der Waals surface area contributed by atoms with E-state index in [0.29, 0.717) is 16.3 Å². The lowest BCUT2D eigenvalue weighted by Crippen LogP contribution is -2.17. The number of carbonyl (C=O) groups excluding carboxylic acids is 1. The molecule has 3 aromatic rings. The Bertz CT molecular complexity index is 1200. The van der Waals surface area contributed by atoms with Crippen molar-refractivity contribution in [1.29, 1.82) is 5.26 Å². The maximum absolute atomic E-state index is 13.1. The average Bonchev–Trinajstić information content (AvgIpc) is 2.77. The number of ether oxygens (including phenoxy) is 1.